The van der Waals surface area contributed by atoms with E-state index in [4.69, 9.17) is 9.47 Å². The van der Waals surface area contributed by atoms with Crippen LogP contribution < -0.4 is 4.74 Å². The van der Waals surface area contributed by atoms with Crippen LogP contribution in [0.1, 0.15) is 12.0 Å². The Bertz CT molecular complexity index is 788. The SMILES string of the molecule is COc1ccc(-c2[nH]ncc2CN2C[C@@H]3CCOC[C@]3(C(=O)O)C2)cc1. The number of hydrogen-bond acceptors (Lipinski definition) is 5. The minimum Gasteiger partial charge on any atom is -0.497 e. The number of methoxy groups -OCH3 is 1. The molecule has 3 heterocycles. The lowest BCUT2D eigenvalue weighted by Gasteiger charge is -2.34. The number of carbonyl (C=O) groups is 1. The van der Waals surface area contributed by atoms with Crippen molar-refractivity contribution in [3.8, 4) is 17.0 Å². The highest BCUT2D eigenvalue weighted by molar-refractivity contribution is 5.76. The predicted molar refractivity (Wildman–Crippen MR) is 94.8 cm³/mol. The van der Waals surface area contributed by atoms with Crippen LogP contribution in [0.15, 0.2) is 30.5 Å². The highest BCUT2D eigenvalue weighted by Gasteiger charge is 2.54. The summed E-state index contributed by atoms with van der Waals surface area (Å²) in [6.07, 6.45) is 2.63. The molecule has 0 bridgehead atoms. The number of ether oxygens (including phenoxy) is 2. The maximum Gasteiger partial charge on any atom is 0.313 e. The molecule has 0 saturated carbocycles. The van der Waals surface area contributed by atoms with Crippen molar-refractivity contribution < 1.29 is 19.4 Å². The van der Waals surface area contributed by atoms with E-state index >= 15 is 0 Å². The molecule has 7 nitrogen and oxygen atoms in total. The molecule has 2 aliphatic heterocycles. The number of aromatic nitrogens is 2. The van der Waals surface area contributed by atoms with Crippen molar-refractivity contribution in [1.29, 1.82) is 0 Å². The Kier molecular flexibility index (Phi) is 4.42. The van der Waals surface area contributed by atoms with Gasteiger partial charge in [-0.3, -0.25) is 14.8 Å². The number of fused-ring (bicyclic) bond motifs is 1. The zero-order valence-electron chi connectivity index (χ0n) is 14.8. The van der Waals surface area contributed by atoms with Crippen molar-refractivity contribution in [1.82, 2.24) is 15.1 Å². The Balaban J connectivity index is 1.54. The van der Waals surface area contributed by atoms with Crippen molar-refractivity contribution in [2.24, 2.45) is 11.3 Å². The van der Waals surface area contributed by atoms with Gasteiger partial charge in [-0.2, -0.15) is 5.10 Å². The summed E-state index contributed by atoms with van der Waals surface area (Å²) < 4.78 is 10.7. The number of hydrogen-bond donors (Lipinski definition) is 2. The van der Waals surface area contributed by atoms with Gasteiger partial charge >= 0.3 is 5.97 Å². The average molecular weight is 357 g/mol. The molecule has 0 amide bonds. The molecule has 2 atom stereocenters. The number of carboxylic acid groups (broad SMARTS) is 1. The van der Waals surface area contributed by atoms with Gasteiger partial charge in [-0.25, -0.2) is 0 Å². The fourth-order valence-electron chi connectivity index (χ4n) is 4.19. The lowest BCUT2D eigenvalue weighted by Crippen LogP contribution is -2.46. The molecule has 2 fully saturated rings. The van der Waals surface area contributed by atoms with Crippen LogP contribution in [0.2, 0.25) is 0 Å². The number of benzene rings is 1. The van der Waals surface area contributed by atoms with E-state index in [-0.39, 0.29) is 5.92 Å². The molecule has 0 unspecified atom stereocenters. The third-order valence-corrected chi connectivity index (χ3v) is 5.65. The molecular formula is C19H23N3O4. The molecule has 2 aliphatic rings. The Morgan fingerprint density at radius 3 is 2.96 bits per heavy atom. The lowest BCUT2D eigenvalue weighted by atomic mass is 9.76. The molecule has 2 saturated heterocycles. The second kappa shape index (κ2) is 6.74. The van der Waals surface area contributed by atoms with Crippen LogP contribution in [-0.2, 0) is 16.1 Å². The smallest absolute Gasteiger partial charge is 0.313 e. The fourth-order valence-corrected chi connectivity index (χ4v) is 4.19. The van der Waals surface area contributed by atoms with E-state index < -0.39 is 11.4 Å². The summed E-state index contributed by atoms with van der Waals surface area (Å²) in [5, 5.41) is 17.1. The first-order valence-corrected chi connectivity index (χ1v) is 8.82. The molecule has 4 rings (SSSR count). The number of aliphatic carboxylic acids is 1. The van der Waals surface area contributed by atoms with Crippen LogP contribution in [0.5, 0.6) is 5.75 Å². The Hall–Kier alpha value is -2.38. The van der Waals surface area contributed by atoms with E-state index in [1.54, 1.807) is 7.11 Å². The van der Waals surface area contributed by atoms with Crippen LogP contribution in [0.4, 0.5) is 0 Å². The van der Waals surface area contributed by atoms with Crippen molar-refractivity contribution in [3.05, 3.63) is 36.0 Å². The fraction of sp³-hybridized carbons (Fsp3) is 0.474. The number of carboxylic acids is 1. The zero-order chi connectivity index (χ0) is 18.1. The van der Waals surface area contributed by atoms with Crippen LogP contribution in [0.25, 0.3) is 11.3 Å². The lowest BCUT2D eigenvalue weighted by molar-refractivity contribution is -0.159. The monoisotopic (exact) mass is 357 g/mol. The molecule has 0 spiro atoms. The summed E-state index contributed by atoms with van der Waals surface area (Å²) in [4.78, 5) is 14.1. The average Bonchev–Trinajstić information content (AvgIpc) is 3.26. The molecular weight excluding hydrogens is 334 g/mol. The normalized spacial score (nSPS) is 25.8. The molecule has 2 aromatic rings. The van der Waals surface area contributed by atoms with Gasteiger partial charge in [0.25, 0.3) is 0 Å². The topological polar surface area (TPSA) is 87.7 Å². The van der Waals surface area contributed by atoms with Crippen molar-refractivity contribution in [3.63, 3.8) is 0 Å². The molecule has 0 aliphatic carbocycles. The minimum atomic E-state index is -0.776. The summed E-state index contributed by atoms with van der Waals surface area (Å²) >= 11 is 0. The summed E-state index contributed by atoms with van der Waals surface area (Å²) in [5.41, 5.74) is 2.28. The number of nitrogens with zero attached hydrogens (tertiary/aromatic N) is 2. The van der Waals surface area contributed by atoms with Crippen LogP contribution in [-0.4, -0.2) is 59.6 Å². The standard InChI is InChI=1S/C19H23N3O4/c1-25-16-4-2-13(3-5-16)17-14(8-20-21-17)9-22-10-15-6-7-26-12-19(15,11-22)18(23)24/h2-5,8,15H,6-7,9-12H2,1H3,(H,20,21)(H,23,24)/t15-,19+/m0/s1. The third kappa shape index (κ3) is 2.87. The maximum absolute atomic E-state index is 11.9. The van der Waals surface area contributed by atoms with Crippen LogP contribution in [0, 0.1) is 11.3 Å². The maximum atomic E-state index is 11.9. The van der Waals surface area contributed by atoms with Crippen LogP contribution >= 0.6 is 0 Å². The van der Waals surface area contributed by atoms with Crippen molar-refractivity contribution >= 4 is 5.97 Å². The van der Waals surface area contributed by atoms with Gasteiger partial charge in [-0.15, -0.1) is 0 Å². The van der Waals surface area contributed by atoms with Gasteiger partial charge < -0.3 is 14.6 Å². The highest BCUT2D eigenvalue weighted by atomic mass is 16.5. The molecule has 1 aromatic heterocycles. The number of H-pyrrole nitrogens is 1. The van der Waals surface area contributed by atoms with E-state index in [9.17, 15) is 9.90 Å². The number of aromatic amines is 1. The van der Waals surface area contributed by atoms with Crippen molar-refractivity contribution in [2.45, 2.75) is 13.0 Å². The Labute approximate surface area is 151 Å². The largest absolute Gasteiger partial charge is 0.497 e. The molecule has 2 N–H and O–H groups in total. The molecule has 0 radical (unpaired) electrons. The van der Waals surface area contributed by atoms with Gasteiger partial charge in [0.1, 0.15) is 11.2 Å². The number of likely N-dealkylation sites (tertiary alicyclic amines) is 1. The first-order valence-electron chi connectivity index (χ1n) is 8.82. The van der Waals surface area contributed by atoms with Crippen LogP contribution in [0.3, 0.4) is 0 Å². The van der Waals surface area contributed by atoms with Gasteiger partial charge in [0.15, 0.2) is 0 Å². The van der Waals surface area contributed by atoms with E-state index in [1.165, 1.54) is 0 Å². The zero-order valence-corrected chi connectivity index (χ0v) is 14.8. The van der Waals surface area contributed by atoms with E-state index in [1.807, 2.05) is 30.5 Å². The van der Waals surface area contributed by atoms with Gasteiger partial charge in [0, 0.05) is 37.4 Å². The first-order chi connectivity index (χ1) is 12.6. The summed E-state index contributed by atoms with van der Waals surface area (Å²) in [7, 11) is 1.64. The summed E-state index contributed by atoms with van der Waals surface area (Å²) in [5.74, 6) is 0.208. The highest BCUT2D eigenvalue weighted by Crippen LogP contribution is 2.42. The first kappa shape index (κ1) is 17.1. The van der Waals surface area contributed by atoms with E-state index in [2.05, 4.69) is 15.1 Å². The minimum absolute atomic E-state index is 0.144. The molecule has 7 heteroatoms. The van der Waals surface area contributed by atoms with E-state index in [0.717, 1.165) is 35.5 Å². The Morgan fingerprint density at radius 1 is 1.46 bits per heavy atom. The molecule has 26 heavy (non-hydrogen) atoms. The third-order valence-electron chi connectivity index (χ3n) is 5.65. The van der Waals surface area contributed by atoms with E-state index in [0.29, 0.717) is 26.3 Å². The predicted octanol–water partition coefficient (Wildman–Crippen LogP) is 2.01. The van der Waals surface area contributed by atoms with Gasteiger partial charge in [0.2, 0.25) is 0 Å². The quantitative estimate of drug-likeness (QED) is 0.851. The second-order valence-corrected chi connectivity index (χ2v) is 7.17. The summed E-state index contributed by atoms with van der Waals surface area (Å²) in [6.45, 7) is 2.92. The molecule has 1 aromatic carbocycles. The van der Waals surface area contributed by atoms with Gasteiger partial charge in [-0.1, -0.05) is 0 Å². The second-order valence-electron chi connectivity index (χ2n) is 7.17. The van der Waals surface area contributed by atoms with Crippen molar-refractivity contribution in [2.75, 3.05) is 33.4 Å². The molecule has 138 valence electrons. The summed E-state index contributed by atoms with van der Waals surface area (Å²) in [6, 6.07) is 7.82. The van der Waals surface area contributed by atoms with Gasteiger partial charge in [-0.05, 0) is 36.6 Å². The Morgan fingerprint density at radius 2 is 2.27 bits per heavy atom. The number of rotatable bonds is 5. The number of nitrogens with one attached hydrogen (secondary N) is 1. The van der Waals surface area contributed by atoms with Gasteiger partial charge in [0.05, 0.1) is 25.6 Å².